The van der Waals surface area contributed by atoms with Gasteiger partial charge in [-0.25, -0.2) is 0 Å². The Morgan fingerprint density at radius 1 is 0.771 bits per heavy atom. The summed E-state index contributed by atoms with van der Waals surface area (Å²) in [5.74, 6) is 0.196. The predicted octanol–water partition coefficient (Wildman–Crippen LogP) is 2.91. The Labute approximate surface area is 207 Å². The van der Waals surface area contributed by atoms with Crippen molar-refractivity contribution in [2.75, 3.05) is 44.3 Å². The van der Waals surface area contributed by atoms with Gasteiger partial charge in [-0.3, -0.25) is 14.4 Å². The molecule has 3 fully saturated rings. The van der Waals surface area contributed by atoms with Crippen LogP contribution in [0.25, 0.3) is 0 Å². The minimum Gasteiger partial charge on any atom is -0.342 e. The highest BCUT2D eigenvalue weighted by Crippen LogP contribution is 2.39. The van der Waals surface area contributed by atoms with Gasteiger partial charge in [-0.1, -0.05) is 48.5 Å². The van der Waals surface area contributed by atoms with Crippen molar-refractivity contribution >= 4 is 23.4 Å². The van der Waals surface area contributed by atoms with Gasteiger partial charge in [-0.15, -0.1) is 0 Å². The van der Waals surface area contributed by atoms with Crippen molar-refractivity contribution in [3.05, 3.63) is 66.2 Å². The molecule has 3 aliphatic heterocycles. The first-order valence-corrected chi connectivity index (χ1v) is 12.8. The van der Waals surface area contributed by atoms with Crippen molar-refractivity contribution in [2.45, 2.75) is 44.1 Å². The first-order valence-electron chi connectivity index (χ1n) is 12.8. The highest BCUT2D eigenvalue weighted by atomic mass is 16.2. The van der Waals surface area contributed by atoms with Gasteiger partial charge in [0.2, 0.25) is 11.8 Å². The summed E-state index contributed by atoms with van der Waals surface area (Å²) in [5.41, 5.74) is 1.44. The molecule has 0 N–H and O–H groups in total. The van der Waals surface area contributed by atoms with E-state index in [0.717, 1.165) is 43.6 Å². The molecule has 184 valence electrons. The first-order chi connectivity index (χ1) is 17.1. The highest BCUT2D eigenvalue weighted by Gasteiger charge is 2.54. The number of carbonyl (C=O) groups excluding carboxylic acids is 3. The van der Waals surface area contributed by atoms with Crippen LogP contribution in [-0.2, 0) is 20.8 Å². The van der Waals surface area contributed by atoms with Crippen molar-refractivity contribution in [3.8, 4) is 0 Å². The SMILES string of the molecule is O=C(CCc1ccccc1)N1CCC2(CC1)C(=O)N(CC(=O)N1CCCC1)CN2c1ccccc1. The molecule has 0 atom stereocenters. The second kappa shape index (κ2) is 10.1. The molecule has 7 heteroatoms. The zero-order valence-corrected chi connectivity index (χ0v) is 20.3. The van der Waals surface area contributed by atoms with Gasteiger partial charge in [0.1, 0.15) is 12.1 Å². The molecule has 0 saturated carbocycles. The molecule has 0 aliphatic carbocycles. The van der Waals surface area contributed by atoms with Crippen LogP contribution >= 0.6 is 0 Å². The number of nitrogens with zero attached hydrogens (tertiary/aromatic N) is 4. The number of amides is 3. The normalized spacial score (nSPS) is 19.6. The topological polar surface area (TPSA) is 64.2 Å². The van der Waals surface area contributed by atoms with Crippen LogP contribution in [0.1, 0.15) is 37.7 Å². The quantitative estimate of drug-likeness (QED) is 0.646. The molecule has 3 saturated heterocycles. The fraction of sp³-hybridized carbons (Fsp3) is 0.464. The van der Waals surface area contributed by atoms with Gasteiger partial charge >= 0.3 is 0 Å². The van der Waals surface area contributed by atoms with Crippen LogP contribution in [0.4, 0.5) is 5.69 Å². The van der Waals surface area contributed by atoms with E-state index in [0.29, 0.717) is 39.0 Å². The smallest absolute Gasteiger partial charge is 0.250 e. The second-order valence-corrected chi connectivity index (χ2v) is 9.89. The van der Waals surface area contributed by atoms with E-state index in [4.69, 9.17) is 0 Å². The van der Waals surface area contributed by atoms with Gasteiger partial charge in [0.25, 0.3) is 5.91 Å². The van der Waals surface area contributed by atoms with Crippen LogP contribution < -0.4 is 4.90 Å². The van der Waals surface area contributed by atoms with Crippen molar-refractivity contribution < 1.29 is 14.4 Å². The van der Waals surface area contributed by atoms with E-state index in [1.165, 1.54) is 0 Å². The molecule has 0 unspecified atom stereocenters. The molecule has 0 radical (unpaired) electrons. The van der Waals surface area contributed by atoms with Crippen molar-refractivity contribution in [3.63, 3.8) is 0 Å². The lowest BCUT2D eigenvalue weighted by molar-refractivity contribution is -0.141. The molecule has 7 nitrogen and oxygen atoms in total. The van der Waals surface area contributed by atoms with Crippen LogP contribution in [0.5, 0.6) is 0 Å². The molecule has 2 aromatic rings. The van der Waals surface area contributed by atoms with Gasteiger partial charge in [0.15, 0.2) is 0 Å². The lowest BCUT2D eigenvalue weighted by Gasteiger charge is -2.43. The molecule has 3 amide bonds. The maximum atomic E-state index is 13.8. The highest BCUT2D eigenvalue weighted by molar-refractivity contribution is 5.96. The number of para-hydroxylation sites is 1. The summed E-state index contributed by atoms with van der Waals surface area (Å²) >= 11 is 0. The average Bonchev–Trinajstić information content (AvgIpc) is 3.53. The van der Waals surface area contributed by atoms with E-state index in [1.807, 2.05) is 70.5 Å². The molecule has 3 aliphatic rings. The minimum absolute atomic E-state index is 0.0188. The van der Waals surface area contributed by atoms with E-state index in [1.54, 1.807) is 4.90 Å². The molecule has 5 rings (SSSR count). The van der Waals surface area contributed by atoms with Gasteiger partial charge < -0.3 is 19.6 Å². The van der Waals surface area contributed by atoms with Crippen molar-refractivity contribution in [1.82, 2.24) is 14.7 Å². The summed E-state index contributed by atoms with van der Waals surface area (Å²) in [6, 6.07) is 20.0. The number of aryl methyl sites for hydroxylation is 1. The van der Waals surface area contributed by atoms with E-state index < -0.39 is 5.54 Å². The predicted molar refractivity (Wildman–Crippen MR) is 135 cm³/mol. The summed E-state index contributed by atoms with van der Waals surface area (Å²) in [6.45, 7) is 3.21. The van der Waals surface area contributed by atoms with Crippen LogP contribution in [0.2, 0.25) is 0 Å². The number of benzene rings is 2. The molecule has 0 aromatic heterocycles. The van der Waals surface area contributed by atoms with Gasteiger partial charge in [0, 0.05) is 38.3 Å². The summed E-state index contributed by atoms with van der Waals surface area (Å²) in [6.07, 6.45) is 4.42. The largest absolute Gasteiger partial charge is 0.342 e. The lowest BCUT2D eigenvalue weighted by Crippen LogP contribution is -2.57. The molecule has 35 heavy (non-hydrogen) atoms. The Balaban J connectivity index is 1.28. The van der Waals surface area contributed by atoms with Gasteiger partial charge in [-0.05, 0) is 49.8 Å². The van der Waals surface area contributed by atoms with Crippen LogP contribution in [0, 0.1) is 0 Å². The molecule has 0 bridgehead atoms. The maximum Gasteiger partial charge on any atom is 0.250 e. The molecule has 3 heterocycles. The number of carbonyl (C=O) groups is 3. The Morgan fingerprint density at radius 2 is 1.37 bits per heavy atom. The Hall–Kier alpha value is -3.35. The molecular weight excluding hydrogens is 440 g/mol. The zero-order chi connectivity index (χ0) is 24.3. The average molecular weight is 475 g/mol. The van der Waals surface area contributed by atoms with E-state index in [2.05, 4.69) is 4.90 Å². The Bertz CT molecular complexity index is 1040. The summed E-state index contributed by atoms with van der Waals surface area (Å²) in [5, 5.41) is 0. The third-order valence-electron chi connectivity index (χ3n) is 7.78. The van der Waals surface area contributed by atoms with E-state index >= 15 is 0 Å². The third kappa shape index (κ3) is 4.77. The third-order valence-corrected chi connectivity index (χ3v) is 7.78. The first kappa shape index (κ1) is 23.4. The lowest BCUT2D eigenvalue weighted by atomic mass is 9.85. The fourth-order valence-electron chi connectivity index (χ4n) is 5.73. The van der Waals surface area contributed by atoms with Gasteiger partial charge in [-0.2, -0.15) is 0 Å². The standard InChI is InChI=1S/C28H34N4O3/c33-25(14-13-23-9-3-1-4-10-23)30-19-15-28(16-20-30)27(35)31(21-26(34)29-17-7-8-18-29)22-32(28)24-11-5-2-6-12-24/h1-6,9-12H,7-8,13-22H2. The molecule has 2 aromatic carbocycles. The van der Waals surface area contributed by atoms with Gasteiger partial charge in [0.05, 0.1) is 6.67 Å². The van der Waals surface area contributed by atoms with Crippen molar-refractivity contribution in [1.29, 1.82) is 0 Å². The van der Waals surface area contributed by atoms with E-state index in [-0.39, 0.29) is 24.3 Å². The van der Waals surface area contributed by atoms with E-state index in [9.17, 15) is 14.4 Å². The summed E-state index contributed by atoms with van der Waals surface area (Å²) in [4.78, 5) is 47.3. The monoisotopic (exact) mass is 474 g/mol. The van der Waals surface area contributed by atoms with Crippen LogP contribution in [0.15, 0.2) is 60.7 Å². The Morgan fingerprint density at radius 3 is 2.03 bits per heavy atom. The summed E-state index contributed by atoms with van der Waals surface area (Å²) < 4.78 is 0. The number of likely N-dealkylation sites (tertiary alicyclic amines) is 2. The number of hydrogen-bond donors (Lipinski definition) is 0. The van der Waals surface area contributed by atoms with Crippen LogP contribution in [0.3, 0.4) is 0 Å². The number of rotatable bonds is 6. The Kier molecular flexibility index (Phi) is 6.75. The number of anilines is 1. The fourth-order valence-corrected chi connectivity index (χ4v) is 5.73. The van der Waals surface area contributed by atoms with Crippen molar-refractivity contribution in [2.24, 2.45) is 0 Å². The maximum absolute atomic E-state index is 13.8. The zero-order valence-electron chi connectivity index (χ0n) is 20.3. The molecule has 1 spiro atoms. The summed E-state index contributed by atoms with van der Waals surface area (Å²) in [7, 11) is 0. The molecular formula is C28H34N4O3. The number of hydrogen-bond acceptors (Lipinski definition) is 4. The number of piperidine rings is 1. The van der Waals surface area contributed by atoms with Crippen LogP contribution in [-0.4, -0.2) is 77.4 Å². The second-order valence-electron chi connectivity index (χ2n) is 9.89. The minimum atomic E-state index is -0.706.